The normalized spacial score (nSPS) is 15.9. The monoisotopic (exact) mass is 520 g/mol. The minimum atomic E-state index is -0.500. The third-order valence-corrected chi connectivity index (χ3v) is 6.31. The van der Waals surface area contributed by atoms with E-state index in [9.17, 15) is 5.26 Å². The van der Waals surface area contributed by atoms with Gasteiger partial charge in [0.2, 0.25) is 12.7 Å². The Morgan fingerprint density at radius 3 is 2.47 bits per heavy atom. The minimum Gasteiger partial charge on any atom is -0.490 e. The van der Waals surface area contributed by atoms with Gasteiger partial charge in [-0.2, -0.15) is 5.26 Å². The molecule has 2 N–H and O–H groups in total. The zero-order chi connectivity index (χ0) is 23.7. The lowest BCUT2D eigenvalue weighted by Crippen LogP contribution is -2.21. The number of nitrogens with two attached hydrogens (primary N) is 1. The molecule has 8 heteroatoms. The molecule has 2 heterocycles. The summed E-state index contributed by atoms with van der Waals surface area (Å²) in [5.74, 6) is 2.39. The average molecular weight is 521 g/mol. The number of ether oxygens (including phenoxy) is 5. The second kappa shape index (κ2) is 9.20. The molecule has 2 aliphatic heterocycles. The van der Waals surface area contributed by atoms with E-state index in [0.717, 1.165) is 21.2 Å². The number of hydrogen-bond donors (Lipinski definition) is 1. The SMILES string of the molecule is CCOc1cc([C@H]2C(C#N)=C(N)Oc3cc4c(cc32)OCO4)c(Br)cc1OCc1ccccc1. The Bertz CT molecular complexity index is 1320. The maximum Gasteiger partial charge on any atom is 0.231 e. The van der Waals surface area contributed by atoms with E-state index in [4.69, 9.17) is 29.4 Å². The molecule has 0 saturated heterocycles. The van der Waals surface area contributed by atoms with Gasteiger partial charge in [0.15, 0.2) is 23.0 Å². The average Bonchev–Trinajstić information content (AvgIpc) is 3.30. The van der Waals surface area contributed by atoms with Crippen molar-refractivity contribution >= 4 is 15.9 Å². The van der Waals surface area contributed by atoms with Crippen molar-refractivity contribution in [1.82, 2.24) is 0 Å². The third-order valence-electron chi connectivity index (χ3n) is 5.62. The number of halogens is 1. The van der Waals surface area contributed by atoms with Gasteiger partial charge in [-0.05, 0) is 36.2 Å². The van der Waals surface area contributed by atoms with Crippen molar-refractivity contribution in [2.45, 2.75) is 19.4 Å². The molecule has 2 aliphatic rings. The van der Waals surface area contributed by atoms with Crippen LogP contribution in [-0.4, -0.2) is 13.4 Å². The molecule has 5 rings (SSSR count). The first-order chi connectivity index (χ1) is 16.6. The molecule has 0 aliphatic carbocycles. The molecule has 0 aromatic heterocycles. The molecule has 3 aromatic rings. The van der Waals surface area contributed by atoms with Gasteiger partial charge in [-0.3, -0.25) is 0 Å². The van der Waals surface area contributed by atoms with Crippen molar-refractivity contribution in [1.29, 1.82) is 5.26 Å². The molecule has 0 radical (unpaired) electrons. The van der Waals surface area contributed by atoms with Crippen LogP contribution in [0.1, 0.15) is 29.5 Å². The number of fused-ring (bicyclic) bond motifs is 2. The number of nitrogens with zero attached hydrogens (tertiary/aromatic N) is 1. The molecule has 172 valence electrons. The molecule has 0 unspecified atom stereocenters. The highest BCUT2D eigenvalue weighted by molar-refractivity contribution is 9.10. The fourth-order valence-electron chi connectivity index (χ4n) is 4.06. The van der Waals surface area contributed by atoms with Crippen LogP contribution in [0, 0.1) is 11.3 Å². The van der Waals surface area contributed by atoms with Gasteiger partial charge in [-0.25, -0.2) is 0 Å². The summed E-state index contributed by atoms with van der Waals surface area (Å²) in [5.41, 5.74) is 9.04. The predicted octanol–water partition coefficient (Wildman–Crippen LogP) is 5.37. The van der Waals surface area contributed by atoms with Gasteiger partial charge in [0, 0.05) is 16.1 Å². The Balaban J connectivity index is 1.58. The molecular weight excluding hydrogens is 500 g/mol. The molecule has 0 bridgehead atoms. The standard InChI is InChI=1S/C26H21BrN2O5/c1-2-30-21-8-16(19(27)10-23(21)31-13-15-6-4-3-5-7-15)25-17-9-22-24(33-14-32-22)11-20(17)34-26(29)18(25)12-28/h3-11,25H,2,13-14,29H2,1H3/t25-/m1/s1. The third kappa shape index (κ3) is 3.99. The van der Waals surface area contributed by atoms with Gasteiger partial charge in [0.25, 0.3) is 0 Å². The fourth-order valence-corrected chi connectivity index (χ4v) is 4.61. The topological polar surface area (TPSA) is 96.0 Å². The van der Waals surface area contributed by atoms with Gasteiger partial charge in [0.1, 0.15) is 24.0 Å². The molecular formula is C26H21BrN2O5. The Morgan fingerprint density at radius 2 is 1.74 bits per heavy atom. The summed E-state index contributed by atoms with van der Waals surface area (Å²) in [4.78, 5) is 0. The number of benzene rings is 3. The van der Waals surface area contributed by atoms with E-state index < -0.39 is 5.92 Å². The van der Waals surface area contributed by atoms with Crippen LogP contribution in [0.4, 0.5) is 0 Å². The summed E-state index contributed by atoms with van der Waals surface area (Å²) in [6.45, 7) is 2.88. The van der Waals surface area contributed by atoms with E-state index in [1.165, 1.54) is 0 Å². The zero-order valence-electron chi connectivity index (χ0n) is 18.3. The lowest BCUT2D eigenvalue weighted by atomic mass is 9.83. The summed E-state index contributed by atoms with van der Waals surface area (Å²) >= 11 is 3.68. The van der Waals surface area contributed by atoms with Crippen molar-refractivity contribution in [2.24, 2.45) is 5.73 Å². The number of allylic oxidation sites excluding steroid dienone is 1. The maximum absolute atomic E-state index is 9.95. The highest BCUT2D eigenvalue weighted by Gasteiger charge is 2.35. The van der Waals surface area contributed by atoms with E-state index in [0.29, 0.717) is 47.5 Å². The van der Waals surface area contributed by atoms with Gasteiger partial charge < -0.3 is 29.4 Å². The number of hydrogen-bond acceptors (Lipinski definition) is 7. The van der Waals surface area contributed by atoms with Crippen molar-refractivity contribution in [3.63, 3.8) is 0 Å². The summed E-state index contributed by atoms with van der Waals surface area (Å²) in [5, 5.41) is 9.95. The maximum atomic E-state index is 9.95. The van der Waals surface area contributed by atoms with Gasteiger partial charge in [-0.15, -0.1) is 0 Å². The number of nitriles is 1. The van der Waals surface area contributed by atoms with Gasteiger partial charge in [-0.1, -0.05) is 46.3 Å². The molecule has 7 nitrogen and oxygen atoms in total. The Hall–Kier alpha value is -3.83. The van der Waals surface area contributed by atoms with E-state index in [2.05, 4.69) is 22.0 Å². The van der Waals surface area contributed by atoms with Gasteiger partial charge in [0.05, 0.1) is 12.5 Å². The number of rotatable bonds is 6. The van der Waals surface area contributed by atoms with Crippen LogP contribution in [0.2, 0.25) is 0 Å². The Kier molecular flexibility index (Phi) is 5.95. The van der Waals surface area contributed by atoms with E-state index in [-0.39, 0.29) is 12.7 Å². The second-order valence-electron chi connectivity index (χ2n) is 7.70. The molecule has 0 spiro atoms. The Morgan fingerprint density at radius 1 is 1.00 bits per heavy atom. The lowest BCUT2D eigenvalue weighted by molar-refractivity contribution is 0.174. The predicted molar refractivity (Wildman–Crippen MR) is 128 cm³/mol. The summed E-state index contributed by atoms with van der Waals surface area (Å²) in [7, 11) is 0. The van der Waals surface area contributed by atoms with Crippen molar-refractivity contribution in [2.75, 3.05) is 13.4 Å². The van der Waals surface area contributed by atoms with Crippen LogP contribution in [-0.2, 0) is 6.61 Å². The van der Waals surface area contributed by atoms with E-state index in [1.807, 2.05) is 55.5 Å². The lowest BCUT2D eigenvalue weighted by Gasteiger charge is -2.28. The quantitative estimate of drug-likeness (QED) is 0.466. The van der Waals surface area contributed by atoms with Crippen LogP contribution in [0.25, 0.3) is 0 Å². The zero-order valence-corrected chi connectivity index (χ0v) is 19.9. The van der Waals surface area contributed by atoms with Crippen molar-refractivity contribution < 1.29 is 23.7 Å². The van der Waals surface area contributed by atoms with E-state index >= 15 is 0 Å². The highest BCUT2D eigenvalue weighted by atomic mass is 79.9. The van der Waals surface area contributed by atoms with Crippen LogP contribution in [0.15, 0.2) is 70.5 Å². The molecule has 0 fully saturated rings. The van der Waals surface area contributed by atoms with Crippen LogP contribution in [0.5, 0.6) is 28.7 Å². The summed E-state index contributed by atoms with van der Waals surface area (Å²) in [6, 6.07) is 19.4. The summed E-state index contributed by atoms with van der Waals surface area (Å²) < 4.78 is 29.6. The van der Waals surface area contributed by atoms with Gasteiger partial charge >= 0.3 is 0 Å². The molecule has 1 atom stereocenters. The first-order valence-electron chi connectivity index (χ1n) is 10.7. The van der Waals surface area contributed by atoms with Crippen LogP contribution in [0.3, 0.4) is 0 Å². The highest BCUT2D eigenvalue weighted by Crippen LogP contribution is 2.50. The molecule has 3 aromatic carbocycles. The van der Waals surface area contributed by atoms with Crippen molar-refractivity contribution in [3.8, 4) is 34.8 Å². The van der Waals surface area contributed by atoms with Crippen molar-refractivity contribution in [3.05, 3.63) is 87.2 Å². The molecule has 34 heavy (non-hydrogen) atoms. The smallest absolute Gasteiger partial charge is 0.231 e. The van der Waals surface area contributed by atoms with Crippen LogP contribution >= 0.6 is 15.9 Å². The van der Waals surface area contributed by atoms with Crippen LogP contribution < -0.4 is 29.4 Å². The Labute approximate surface area is 205 Å². The summed E-state index contributed by atoms with van der Waals surface area (Å²) in [6.07, 6.45) is 0. The first-order valence-corrected chi connectivity index (χ1v) is 11.5. The van der Waals surface area contributed by atoms with E-state index in [1.54, 1.807) is 6.07 Å². The minimum absolute atomic E-state index is 0.0492. The molecule has 0 saturated carbocycles. The largest absolute Gasteiger partial charge is 0.490 e. The first kappa shape index (κ1) is 22.0. The second-order valence-corrected chi connectivity index (χ2v) is 8.55. The fraction of sp³-hybridized carbons (Fsp3) is 0.192. The molecule has 0 amide bonds.